The molecule has 1 aromatic carbocycles. The van der Waals surface area contributed by atoms with Crippen LogP contribution in [0.2, 0.25) is 0 Å². The third-order valence-corrected chi connectivity index (χ3v) is 5.76. The highest BCUT2D eigenvalue weighted by Crippen LogP contribution is 2.19. The van der Waals surface area contributed by atoms with E-state index in [1.54, 1.807) is 12.1 Å². The Morgan fingerprint density at radius 3 is 2.50 bits per heavy atom. The minimum absolute atomic E-state index is 0.00462. The topological polar surface area (TPSA) is 96.2 Å². The average Bonchev–Trinajstić information content (AvgIpc) is 2.55. The molecule has 1 fully saturated rings. The van der Waals surface area contributed by atoms with Crippen molar-refractivity contribution < 1.29 is 18.1 Å². The zero-order chi connectivity index (χ0) is 17.7. The number of rotatable bonds is 7. The first-order valence-corrected chi connectivity index (χ1v) is 8.97. The van der Waals surface area contributed by atoms with Gasteiger partial charge in [0.25, 0.3) is 15.9 Å². The standard InChI is InChI=1S/C14H22N4O5S/c1-15(2)24(21,22)17-8-6-16(7-9-17)10-11-23-14-5-3-4-13(12-14)18(19)20/h3-5,12H,6-11H2,1-2H3. The summed E-state index contributed by atoms with van der Waals surface area (Å²) in [5.74, 6) is 0.457. The highest BCUT2D eigenvalue weighted by atomic mass is 32.2. The van der Waals surface area contributed by atoms with Gasteiger partial charge in [-0.1, -0.05) is 6.07 Å². The second-order valence-electron chi connectivity index (χ2n) is 5.63. The molecule has 0 atom stereocenters. The number of nitro benzene ring substituents is 1. The lowest BCUT2D eigenvalue weighted by atomic mass is 10.3. The van der Waals surface area contributed by atoms with Crippen molar-refractivity contribution in [3.63, 3.8) is 0 Å². The predicted octanol–water partition coefficient (Wildman–Crippen LogP) is 0.398. The maximum absolute atomic E-state index is 12.0. The summed E-state index contributed by atoms with van der Waals surface area (Å²) in [5, 5.41) is 10.7. The number of non-ortho nitro benzene ring substituents is 1. The van der Waals surface area contributed by atoms with Crippen LogP contribution in [0.1, 0.15) is 0 Å². The first-order chi connectivity index (χ1) is 11.3. The summed E-state index contributed by atoms with van der Waals surface area (Å²) >= 11 is 0. The van der Waals surface area contributed by atoms with Crippen molar-refractivity contribution in [2.45, 2.75) is 0 Å². The van der Waals surface area contributed by atoms with Gasteiger partial charge < -0.3 is 4.74 Å². The fraction of sp³-hybridized carbons (Fsp3) is 0.571. The quantitative estimate of drug-likeness (QED) is 0.517. The smallest absolute Gasteiger partial charge is 0.281 e. The average molecular weight is 358 g/mol. The van der Waals surface area contributed by atoms with Gasteiger partial charge in [-0.2, -0.15) is 17.0 Å². The number of hydrogen-bond acceptors (Lipinski definition) is 6. The SMILES string of the molecule is CN(C)S(=O)(=O)N1CCN(CCOc2cccc([N+](=O)[O-])c2)CC1. The Balaban J connectivity index is 1.77. The molecule has 24 heavy (non-hydrogen) atoms. The van der Waals surface area contributed by atoms with Crippen LogP contribution in [-0.2, 0) is 10.2 Å². The molecule has 0 aromatic heterocycles. The van der Waals surface area contributed by atoms with Crippen molar-refractivity contribution in [2.24, 2.45) is 0 Å². The maximum atomic E-state index is 12.0. The second-order valence-corrected chi connectivity index (χ2v) is 7.78. The van der Waals surface area contributed by atoms with Gasteiger partial charge in [0.1, 0.15) is 12.4 Å². The van der Waals surface area contributed by atoms with Gasteiger partial charge in [0.15, 0.2) is 0 Å². The lowest BCUT2D eigenvalue weighted by Gasteiger charge is -2.34. The Morgan fingerprint density at radius 2 is 1.92 bits per heavy atom. The molecule has 0 amide bonds. The van der Waals surface area contributed by atoms with Gasteiger partial charge in [0, 0.05) is 52.9 Å². The summed E-state index contributed by atoms with van der Waals surface area (Å²) in [6, 6.07) is 6.06. The van der Waals surface area contributed by atoms with Crippen molar-refractivity contribution in [2.75, 3.05) is 53.4 Å². The molecule has 0 aliphatic carbocycles. The van der Waals surface area contributed by atoms with Crippen LogP contribution in [0.5, 0.6) is 5.75 Å². The number of ether oxygens (including phenoxy) is 1. The summed E-state index contributed by atoms with van der Waals surface area (Å²) in [6.45, 7) is 3.17. The molecule has 0 spiro atoms. The lowest BCUT2D eigenvalue weighted by molar-refractivity contribution is -0.384. The summed E-state index contributed by atoms with van der Waals surface area (Å²) in [4.78, 5) is 12.4. The number of piperazine rings is 1. The van der Waals surface area contributed by atoms with Crippen molar-refractivity contribution in [1.29, 1.82) is 0 Å². The molecule has 0 unspecified atom stereocenters. The molecule has 1 heterocycles. The van der Waals surface area contributed by atoms with Gasteiger partial charge in [-0.15, -0.1) is 0 Å². The van der Waals surface area contributed by atoms with Crippen LogP contribution in [0.15, 0.2) is 24.3 Å². The second kappa shape index (κ2) is 7.88. The van der Waals surface area contributed by atoms with Crippen LogP contribution in [0.4, 0.5) is 5.69 Å². The fourth-order valence-corrected chi connectivity index (χ4v) is 3.48. The molecular weight excluding hydrogens is 336 g/mol. The number of benzene rings is 1. The zero-order valence-corrected chi connectivity index (χ0v) is 14.6. The zero-order valence-electron chi connectivity index (χ0n) is 13.8. The van der Waals surface area contributed by atoms with Crippen LogP contribution in [0, 0.1) is 10.1 Å². The first-order valence-electron chi connectivity index (χ1n) is 7.58. The van der Waals surface area contributed by atoms with Crippen molar-refractivity contribution >= 4 is 15.9 Å². The molecule has 1 aliphatic rings. The van der Waals surface area contributed by atoms with Crippen molar-refractivity contribution in [1.82, 2.24) is 13.5 Å². The summed E-state index contributed by atoms with van der Waals surface area (Å²) < 4.78 is 32.3. The molecule has 10 heteroatoms. The molecule has 1 aliphatic heterocycles. The first kappa shape index (κ1) is 18.6. The molecule has 0 N–H and O–H groups in total. The Labute approximate surface area is 141 Å². The summed E-state index contributed by atoms with van der Waals surface area (Å²) in [5.41, 5.74) is -0.00462. The lowest BCUT2D eigenvalue weighted by Crippen LogP contribution is -2.52. The summed E-state index contributed by atoms with van der Waals surface area (Å²) in [6.07, 6.45) is 0. The highest BCUT2D eigenvalue weighted by Gasteiger charge is 2.28. The number of hydrogen-bond donors (Lipinski definition) is 0. The highest BCUT2D eigenvalue weighted by molar-refractivity contribution is 7.86. The van der Waals surface area contributed by atoms with E-state index in [0.717, 1.165) is 0 Å². The van der Waals surface area contributed by atoms with Crippen LogP contribution >= 0.6 is 0 Å². The van der Waals surface area contributed by atoms with E-state index in [0.29, 0.717) is 45.1 Å². The predicted molar refractivity (Wildman–Crippen MR) is 89.2 cm³/mol. The maximum Gasteiger partial charge on any atom is 0.281 e. The molecular formula is C14H22N4O5S. The van der Waals surface area contributed by atoms with Crippen LogP contribution < -0.4 is 4.74 Å². The van der Waals surface area contributed by atoms with Crippen LogP contribution in [0.25, 0.3) is 0 Å². The Kier molecular flexibility index (Phi) is 6.10. The number of nitro groups is 1. The van der Waals surface area contributed by atoms with Gasteiger partial charge in [0.05, 0.1) is 11.0 Å². The fourth-order valence-electron chi connectivity index (χ4n) is 2.39. The van der Waals surface area contributed by atoms with E-state index >= 15 is 0 Å². The third kappa shape index (κ3) is 4.63. The molecule has 134 valence electrons. The molecule has 9 nitrogen and oxygen atoms in total. The van der Waals surface area contributed by atoms with Crippen molar-refractivity contribution in [3.05, 3.63) is 34.4 Å². The van der Waals surface area contributed by atoms with E-state index in [4.69, 9.17) is 4.74 Å². The molecule has 0 saturated carbocycles. The van der Waals surface area contributed by atoms with E-state index in [1.807, 2.05) is 0 Å². The minimum atomic E-state index is -3.35. The summed E-state index contributed by atoms with van der Waals surface area (Å²) in [7, 11) is -0.310. The molecule has 2 rings (SSSR count). The minimum Gasteiger partial charge on any atom is -0.492 e. The Bertz CT molecular complexity index is 671. The van der Waals surface area contributed by atoms with Crippen molar-refractivity contribution in [3.8, 4) is 5.75 Å². The van der Waals surface area contributed by atoms with E-state index in [2.05, 4.69) is 4.90 Å². The van der Waals surface area contributed by atoms with Crippen LogP contribution in [0.3, 0.4) is 0 Å². The van der Waals surface area contributed by atoms with E-state index in [1.165, 1.54) is 34.8 Å². The van der Waals surface area contributed by atoms with Gasteiger partial charge in [-0.3, -0.25) is 15.0 Å². The molecule has 0 bridgehead atoms. The normalized spacial score (nSPS) is 17.1. The van der Waals surface area contributed by atoms with Gasteiger partial charge in [-0.05, 0) is 6.07 Å². The molecule has 1 saturated heterocycles. The van der Waals surface area contributed by atoms with Crippen LogP contribution in [-0.4, -0.2) is 80.3 Å². The Hall–Kier alpha value is -1.75. The van der Waals surface area contributed by atoms with E-state index < -0.39 is 15.1 Å². The molecule has 0 radical (unpaired) electrons. The van der Waals surface area contributed by atoms with Gasteiger partial charge in [0.2, 0.25) is 0 Å². The molecule has 1 aromatic rings. The monoisotopic (exact) mass is 358 g/mol. The van der Waals surface area contributed by atoms with Gasteiger partial charge >= 0.3 is 0 Å². The van der Waals surface area contributed by atoms with Gasteiger partial charge in [-0.25, -0.2) is 0 Å². The number of nitrogens with zero attached hydrogens (tertiary/aromatic N) is 4. The van der Waals surface area contributed by atoms with E-state index in [9.17, 15) is 18.5 Å². The third-order valence-electron chi connectivity index (χ3n) is 3.82. The largest absolute Gasteiger partial charge is 0.492 e. The van der Waals surface area contributed by atoms with E-state index in [-0.39, 0.29) is 5.69 Å². The Morgan fingerprint density at radius 1 is 1.25 bits per heavy atom.